The van der Waals surface area contributed by atoms with Crippen molar-refractivity contribution in [2.45, 2.75) is 218 Å². The van der Waals surface area contributed by atoms with E-state index in [1.165, 1.54) is 128 Å². The molecule has 0 fully saturated rings. The second-order valence-corrected chi connectivity index (χ2v) is 17.3. The fourth-order valence-corrected chi connectivity index (χ4v) is 8.28. The smallest absolute Gasteiger partial charge is 0.363 e. The van der Waals surface area contributed by atoms with Crippen molar-refractivity contribution >= 4 is 7.60 Å². The number of likely N-dealkylation sites (N-methyl/N-ethyl adjacent to an activating group) is 1. The zero-order chi connectivity index (χ0) is 35.1. The van der Waals surface area contributed by atoms with E-state index >= 15 is 0 Å². The van der Waals surface area contributed by atoms with Gasteiger partial charge >= 0.3 is 7.60 Å². The van der Waals surface area contributed by atoms with Crippen molar-refractivity contribution < 1.29 is 23.9 Å². The highest BCUT2D eigenvalue weighted by molar-refractivity contribution is 7.53. The van der Waals surface area contributed by atoms with Gasteiger partial charge in [-0.25, -0.2) is 0 Å². The van der Waals surface area contributed by atoms with Gasteiger partial charge in [0, 0.05) is 6.42 Å². The third kappa shape index (κ3) is 26.1. The normalized spacial score (nSPS) is 14.8. The van der Waals surface area contributed by atoms with Crippen molar-refractivity contribution in [3.63, 3.8) is 0 Å². The molecular formula is C41H83NO4P+. The number of unbranched alkanes of at least 4 members (excludes halogenated alkanes) is 24. The predicted molar refractivity (Wildman–Crippen MR) is 207 cm³/mol. The second kappa shape index (κ2) is 30.4. The summed E-state index contributed by atoms with van der Waals surface area (Å²) in [4.78, 5) is 20.7. The summed E-state index contributed by atoms with van der Waals surface area (Å²) in [6, 6.07) is -0.483. The average Bonchev–Trinajstić information content (AvgIpc) is 3.01. The first-order valence-corrected chi connectivity index (χ1v) is 22.0. The van der Waals surface area contributed by atoms with Crippen molar-refractivity contribution in [2.75, 3.05) is 21.1 Å². The zero-order valence-electron chi connectivity index (χ0n) is 32.2. The first-order chi connectivity index (χ1) is 22.5. The van der Waals surface area contributed by atoms with E-state index in [0.717, 1.165) is 44.9 Å². The molecular weight excluding hydrogens is 601 g/mol. The lowest BCUT2D eigenvalue weighted by molar-refractivity contribution is -0.902. The topological polar surface area (TPSA) is 77.8 Å². The van der Waals surface area contributed by atoms with Crippen LogP contribution >= 0.6 is 7.60 Å². The first kappa shape index (κ1) is 46.5. The Morgan fingerprint density at radius 1 is 0.511 bits per heavy atom. The SMILES string of the molecule is CCCCCCCC/C=C\CCCCCCCCC(C(O)(CCCCCCCC/C=C\CCCCCCCC)P(=O)(O)O)[N+](C)(C)C. The highest BCUT2D eigenvalue weighted by Crippen LogP contribution is 2.56. The van der Waals surface area contributed by atoms with E-state index in [-0.39, 0.29) is 6.42 Å². The van der Waals surface area contributed by atoms with Crippen LogP contribution in [-0.2, 0) is 4.57 Å². The summed E-state index contributed by atoms with van der Waals surface area (Å²) in [6.45, 7) is 4.53. The predicted octanol–water partition coefficient (Wildman–Crippen LogP) is 12.8. The largest absolute Gasteiger partial charge is 0.373 e. The van der Waals surface area contributed by atoms with Crippen LogP contribution < -0.4 is 0 Å². The minimum atomic E-state index is -4.70. The Morgan fingerprint density at radius 3 is 1.13 bits per heavy atom. The van der Waals surface area contributed by atoms with Crippen molar-refractivity contribution in [3.05, 3.63) is 24.3 Å². The van der Waals surface area contributed by atoms with Gasteiger partial charge in [0.1, 0.15) is 6.04 Å². The highest BCUT2D eigenvalue weighted by Gasteiger charge is 2.56. The third-order valence-electron chi connectivity index (χ3n) is 10.0. The Bertz CT molecular complexity index is 787. The average molecular weight is 685 g/mol. The summed E-state index contributed by atoms with van der Waals surface area (Å²) in [5, 5.41) is 9.63. The molecule has 0 amide bonds. The molecule has 0 saturated carbocycles. The fourth-order valence-electron chi connectivity index (χ4n) is 6.96. The molecule has 2 atom stereocenters. The second-order valence-electron chi connectivity index (χ2n) is 15.5. The van der Waals surface area contributed by atoms with Crippen molar-refractivity contribution in [2.24, 2.45) is 0 Å². The standard InChI is InChI=1S/C41H82NO4P/c1-6-8-10-12-14-16-18-20-22-24-26-28-30-32-34-36-38-40(42(3,4)5)41(43,47(44,45)46)39-37-35-33-31-29-27-25-23-21-19-17-15-13-11-9-7-2/h20-23,40,43H,6-19,24-39H2,1-5H3,(H-,44,45,46)/p+1/b22-20-,23-21-. The lowest BCUT2D eigenvalue weighted by atomic mass is 9.94. The molecule has 0 bridgehead atoms. The van der Waals surface area contributed by atoms with Crippen LogP contribution in [0, 0.1) is 0 Å². The van der Waals surface area contributed by atoms with Crippen LogP contribution in [0.2, 0.25) is 0 Å². The van der Waals surface area contributed by atoms with E-state index in [2.05, 4.69) is 38.2 Å². The van der Waals surface area contributed by atoms with Gasteiger partial charge in [0.15, 0.2) is 0 Å². The Hall–Kier alpha value is -0.450. The van der Waals surface area contributed by atoms with Gasteiger partial charge in [0.05, 0.1) is 21.1 Å². The van der Waals surface area contributed by atoms with E-state index in [1.807, 2.05) is 21.1 Å². The molecule has 0 aromatic rings. The molecule has 0 aliphatic heterocycles. The molecule has 6 heteroatoms. The lowest BCUT2D eigenvalue weighted by Crippen LogP contribution is -2.58. The summed E-state index contributed by atoms with van der Waals surface area (Å²) in [7, 11) is 1.20. The van der Waals surface area contributed by atoms with Crippen LogP contribution in [0.5, 0.6) is 0 Å². The molecule has 0 saturated heterocycles. The van der Waals surface area contributed by atoms with Gasteiger partial charge in [-0.15, -0.1) is 0 Å². The maximum Gasteiger partial charge on any atom is 0.363 e. The van der Waals surface area contributed by atoms with Crippen molar-refractivity contribution in [1.82, 2.24) is 0 Å². The Kier molecular flexibility index (Phi) is 30.1. The van der Waals surface area contributed by atoms with Gasteiger partial charge in [-0.3, -0.25) is 4.57 Å². The van der Waals surface area contributed by atoms with Gasteiger partial charge in [-0.05, 0) is 70.6 Å². The molecule has 0 rings (SSSR count). The van der Waals surface area contributed by atoms with E-state index in [0.29, 0.717) is 17.3 Å². The number of allylic oxidation sites excluding steroid dienone is 4. The monoisotopic (exact) mass is 685 g/mol. The summed E-state index contributed by atoms with van der Waals surface area (Å²) in [5.74, 6) is 0. The van der Waals surface area contributed by atoms with Crippen molar-refractivity contribution in [1.29, 1.82) is 0 Å². The summed E-state index contributed by atoms with van der Waals surface area (Å²) < 4.78 is 13.1. The zero-order valence-corrected chi connectivity index (χ0v) is 33.1. The molecule has 0 aliphatic carbocycles. The number of rotatable bonds is 35. The molecule has 0 aromatic heterocycles. The molecule has 0 spiro atoms. The van der Waals surface area contributed by atoms with Gasteiger partial charge in [0.2, 0.25) is 5.34 Å². The van der Waals surface area contributed by atoms with E-state index in [4.69, 9.17) is 0 Å². The highest BCUT2D eigenvalue weighted by atomic mass is 31.2. The van der Waals surface area contributed by atoms with E-state index in [1.54, 1.807) is 0 Å². The maximum absolute atomic E-state index is 12.7. The molecule has 0 heterocycles. The number of hydrogen-bond acceptors (Lipinski definition) is 2. The molecule has 0 radical (unpaired) electrons. The van der Waals surface area contributed by atoms with Crippen LogP contribution in [0.3, 0.4) is 0 Å². The summed E-state index contributed by atoms with van der Waals surface area (Å²) in [5.41, 5.74) is 0. The van der Waals surface area contributed by atoms with Crippen LogP contribution in [0.4, 0.5) is 0 Å². The van der Waals surface area contributed by atoms with Gasteiger partial charge in [-0.1, -0.05) is 154 Å². The summed E-state index contributed by atoms with van der Waals surface area (Å²) >= 11 is 0. The lowest BCUT2D eigenvalue weighted by Gasteiger charge is -2.44. The fraction of sp³-hybridized carbons (Fsp3) is 0.902. The van der Waals surface area contributed by atoms with Crippen LogP contribution in [0.15, 0.2) is 24.3 Å². The quantitative estimate of drug-likeness (QED) is 0.0269. The number of nitrogens with zero attached hydrogens (tertiary/aromatic N) is 1. The molecule has 0 aromatic carbocycles. The number of quaternary nitrogens is 1. The van der Waals surface area contributed by atoms with Crippen LogP contribution in [0.1, 0.15) is 206 Å². The molecule has 3 N–H and O–H groups in total. The Labute approximate surface area is 294 Å². The maximum atomic E-state index is 12.7. The number of hydrogen-bond donors (Lipinski definition) is 3. The minimum absolute atomic E-state index is 0.172. The Balaban J connectivity index is 4.25. The third-order valence-corrected chi connectivity index (χ3v) is 11.5. The molecule has 2 unspecified atom stereocenters. The van der Waals surface area contributed by atoms with Crippen LogP contribution in [-0.4, -0.2) is 51.9 Å². The van der Waals surface area contributed by atoms with E-state index in [9.17, 15) is 19.5 Å². The molecule has 280 valence electrons. The molecule has 0 aliphatic rings. The van der Waals surface area contributed by atoms with Gasteiger partial charge in [-0.2, -0.15) is 0 Å². The minimum Gasteiger partial charge on any atom is -0.373 e. The molecule has 5 nitrogen and oxygen atoms in total. The van der Waals surface area contributed by atoms with Crippen molar-refractivity contribution in [3.8, 4) is 0 Å². The van der Waals surface area contributed by atoms with E-state index < -0.39 is 19.0 Å². The number of aliphatic hydroxyl groups is 1. The summed E-state index contributed by atoms with van der Waals surface area (Å²) in [6.07, 6.45) is 44.2. The van der Waals surface area contributed by atoms with Crippen LogP contribution in [0.25, 0.3) is 0 Å². The van der Waals surface area contributed by atoms with Gasteiger partial charge in [0.25, 0.3) is 0 Å². The molecule has 47 heavy (non-hydrogen) atoms. The Morgan fingerprint density at radius 2 is 0.809 bits per heavy atom. The van der Waals surface area contributed by atoms with Gasteiger partial charge < -0.3 is 19.4 Å². The first-order valence-electron chi connectivity index (χ1n) is 20.4.